The van der Waals surface area contributed by atoms with E-state index < -0.39 is 6.10 Å². The summed E-state index contributed by atoms with van der Waals surface area (Å²) in [6.07, 6.45) is 2.39. The number of benzene rings is 2. The van der Waals surface area contributed by atoms with Gasteiger partial charge in [0.25, 0.3) is 0 Å². The minimum absolute atomic E-state index is 0.244. The van der Waals surface area contributed by atoms with E-state index in [2.05, 4.69) is 31.2 Å². The van der Waals surface area contributed by atoms with Crippen molar-refractivity contribution in [2.24, 2.45) is 5.92 Å². The summed E-state index contributed by atoms with van der Waals surface area (Å²) in [5.74, 6) is 1.07. The molecule has 2 nitrogen and oxygen atoms in total. The van der Waals surface area contributed by atoms with Gasteiger partial charge in [-0.25, -0.2) is 0 Å². The summed E-state index contributed by atoms with van der Waals surface area (Å²) in [5.41, 5.74) is 3.66. The first-order chi connectivity index (χ1) is 10.3. The first kappa shape index (κ1) is 14.2. The normalized spacial score (nSPS) is 15.7. The summed E-state index contributed by atoms with van der Waals surface area (Å²) in [5, 5.41) is 10.8. The Bertz CT molecular complexity index is 581. The molecule has 0 aliphatic heterocycles. The van der Waals surface area contributed by atoms with Crippen molar-refractivity contribution in [3.8, 4) is 5.75 Å². The Balaban J connectivity index is 1.79. The predicted molar refractivity (Wildman–Crippen MR) is 84.5 cm³/mol. The summed E-state index contributed by atoms with van der Waals surface area (Å²) in [6, 6.07) is 16.4. The first-order valence-corrected chi connectivity index (χ1v) is 7.76. The van der Waals surface area contributed by atoms with Crippen molar-refractivity contribution < 1.29 is 9.84 Å². The SMILES string of the molecule is CCCOc1ccccc1C(O)C1Cc2ccccc2C1. The molecule has 2 aromatic rings. The van der Waals surface area contributed by atoms with Crippen LogP contribution in [0, 0.1) is 5.92 Å². The zero-order chi connectivity index (χ0) is 14.7. The fourth-order valence-electron chi connectivity index (χ4n) is 3.14. The maximum atomic E-state index is 10.8. The highest BCUT2D eigenvalue weighted by Gasteiger charge is 2.29. The van der Waals surface area contributed by atoms with E-state index in [1.165, 1.54) is 11.1 Å². The van der Waals surface area contributed by atoms with E-state index in [0.717, 1.165) is 30.6 Å². The quantitative estimate of drug-likeness (QED) is 0.900. The van der Waals surface area contributed by atoms with Crippen molar-refractivity contribution in [1.82, 2.24) is 0 Å². The van der Waals surface area contributed by atoms with Crippen LogP contribution in [-0.2, 0) is 12.8 Å². The smallest absolute Gasteiger partial charge is 0.125 e. The van der Waals surface area contributed by atoms with Crippen LogP contribution >= 0.6 is 0 Å². The number of hydrogen-bond acceptors (Lipinski definition) is 2. The zero-order valence-corrected chi connectivity index (χ0v) is 12.5. The highest BCUT2D eigenvalue weighted by atomic mass is 16.5. The van der Waals surface area contributed by atoms with Crippen molar-refractivity contribution in [2.45, 2.75) is 32.3 Å². The van der Waals surface area contributed by atoms with Crippen LogP contribution in [0.5, 0.6) is 5.75 Å². The third-order valence-electron chi connectivity index (χ3n) is 4.23. The van der Waals surface area contributed by atoms with Gasteiger partial charge in [0.05, 0.1) is 12.7 Å². The fraction of sp³-hybridized carbons (Fsp3) is 0.368. The minimum atomic E-state index is -0.467. The lowest BCUT2D eigenvalue weighted by atomic mass is 9.92. The summed E-state index contributed by atoms with van der Waals surface area (Å²) in [4.78, 5) is 0. The topological polar surface area (TPSA) is 29.5 Å². The molecule has 0 fully saturated rings. The molecule has 0 radical (unpaired) electrons. The van der Waals surface area contributed by atoms with Gasteiger partial charge in [0, 0.05) is 5.56 Å². The largest absolute Gasteiger partial charge is 0.493 e. The lowest BCUT2D eigenvalue weighted by Crippen LogP contribution is -2.14. The van der Waals surface area contributed by atoms with Crippen LogP contribution in [-0.4, -0.2) is 11.7 Å². The second kappa shape index (κ2) is 6.31. The zero-order valence-electron chi connectivity index (χ0n) is 12.5. The van der Waals surface area contributed by atoms with Crippen molar-refractivity contribution in [3.05, 3.63) is 65.2 Å². The summed E-state index contributed by atoms with van der Waals surface area (Å²) in [6.45, 7) is 2.78. The van der Waals surface area contributed by atoms with E-state index >= 15 is 0 Å². The van der Waals surface area contributed by atoms with Crippen molar-refractivity contribution in [3.63, 3.8) is 0 Å². The second-order valence-electron chi connectivity index (χ2n) is 5.77. The first-order valence-electron chi connectivity index (χ1n) is 7.76. The molecule has 1 unspecified atom stereocenters. The van der Waals surface area contributed by atoms with Gasteiger partial charge >= 0.3 is 0 Å². The minimum Gasteiger partial charge on any atom is -0.493 e. The van der Waals surface area contributed by atoms with E-state index in [1.54, 1.807) is 0 Å². The van der Waals surface area contributed by atoms with Crippen molar-refractivity contribution >= 4 is 0 Å². The summed E-state index contributed by atoms with van der Waals surface area (Å²) in [7, 11) is 0. The lowest BCUT2D eigenvalue weighted by molar-refractivity contribution is 0.109. The summed E-state index contributed by atoms with van der Waals surface area (Å²) < 4.78 is 5.78. The Labute approximate surface area is 126 Å². The Morgan fingerprint density at radius 3 is 2.33 bits per heavy atom. The highest BCUT2D eigenvalue weighted by Crippen LogP contribution is 2.38. The highest BCUT2D eigenvalue weighted by molar-refractivity contribution is 5.38. The fourth-order valence-corrected chi connectivity index (χ4v) is 3.14. The van der Waals surface area contributed by atoms with Gasteiger partial charge in [-0.3, -0.25) is 0 Å². The van der Waals surface area contributed by atoms with Gasteiger partial charge in [-0.2, -0.15) is 0 Å². The monoisotopic (exact) mass is 282 g/mol. The molecule has 1 N–H and O–H groups in total. The molecule has 0 saturated carbocycles. The number of ether oxygens (including phenoxy) is 1. The van der Waals surface area contributed by atoms with Gasteiger partial charge in [0.2, 0.25) is 0 Å². The average molecular weight is 282 g/mol. The molecular weight excluding hydrogens is 260 g/mol. The third-order valence-corrected chi connectivity index (χ3v) is 4.23. The lowest BCUT2D eigenvalue weighted by Gasteiger charge is -2.21. The van der Waals surface area contributed by atoms with Crippen molar-refractivity contribution in [1.29, 1.82) is 0 Å². The van der Waals surface area contributed by atoms with Crippen LogP contribution in [0.25, 0.3) is 0 Å². The number of aliphatic hydroxyl groups is 1. The average Bonchev–Trinajstić information content (AvgIpc) is 2.96. The number of para-hydroxylation sites is 1. The van der Waals surface area contributed by atoms with Crippen LogP contribution in [0.2, 0.25) is 0 Å². The predicted octanol–water partition coefficient (Wildman–Crippen LogP) is 3.92. The molecule has 0 amide bonds. The van der Waals surface area contributed by atoms with Gasteiger partial charge in [-0.05, 0) is 42.4 Å². The molecule has 2 aromatic carbocycles. The van der Waals surface area contributed by atoms with Gasteiger partial charge in [-0.1, -0.05) is 49.4 Å². The molecule has 0 bridgehead atoms. The third kappa shape index (κ3) is 2.96. The van der Waals surface area contributed by atoms with E-state index in [0.29, 0.717) is 6.61 Å². The molecule has 0 aromatic heterocycles. The molecule has 1 aliphatic carbocycles. The Morgan fingerprint density at radius 2 is 1.67 bits per heavy atom. The van der Waals surface area contributed by atoms with E-state index in [-0.39, 0.29) is 5.92 Å². The standard InChI is InChI=1S/C19H22O2/c1-2-11-21-18-10-6-5-9-17(18)19(20)16-12-14-7-3-4-8-15(14)13-16/h3-10,16,19-20H,2,11-13H2,1H3. The van der Waals surface area contributed by atoms with Gasteiger partial charge in [-0.15, -0.1) is 0 Å². The van der Waals surface area contributed by atoms with Crippen LogP contribution in [0.4, 0.5) is 0 Å². The number of aliphatic hydroxyl groups excluding tert-OH is 1. The van der Waals surface area contributed by atoms with E-state index in [9.17, 15) is 5.11 Å². The van der Waals surface area contributed by atoms with Crippen LogP contribution in [0.1, 0.15) is 36.1 Å². The number of rotatable bonds is 5. The van der Waals surface area contributed by atoms with Gasteiger partial charge in [0.1, 0.15) is 5.75 Å². The Kier molecular flexibility index (Phi) is 4.26. The number of fused-ring (bicyclic) bond motifs is 1. The van der Waals surface area contributed by atoms with E-state index in [4.69, 9.17) is 4.74 Å². The molecule has 0 heterocycles. The molecule has 3 rings (SSSR count). The van der Waals surface area contributed by atoms with Crippen LogP contribution in [0.3, 0.4) is 0 Å². The molecule has 2 heteroatoms. The molecule has 1 aliphatic rings. The van der Waals surface area contributed by atoms with Gasteiger partial charge < -0.3 is 9.84 Å². The van der Waals surface area contributed by atoms with Crippen LogP contribution in [0.15, 0.2) is 48.5 Å². The Morgan fingerprint density at radius 1 is 1.05 bits per heavy atom. The maximum absolute atomic E-state index is 10.8. The van der Waals surface area contributed by atoms with Crippen LogP contribution < -0.4 is 4.74 Å². The van der Waals surface area contributed by atoms with Gasteiger partial charge in [0.15, 0.2) is 0 Å². The summed E-state index contributed by atoms with van der Waals surface area (Å²) >= 11 is 0. The molecule has 1 atom stereocenters. The second-order valence-corrected chi connectivity index (χ2v) is 5.77. The number of hydrogen-bond donors (Lipinski definition) is 1. The molecule has 110 valence electrons. The molecule has 21 heavy (non-hydrogen) atoms. The van der Waals surface area contributed by atoms with Crippen molar-refractivity contribution in [2.75, 3.05) is 6.61 Å². The maximum Gasteiger partial charge on any atom is 0.125 e. The van der Waals surface area contributed by atoms with E-state index in [1.807, 2.05) is 24.3 Å². The Hall–Kier alpha value is -1.80. The molecule has 0 spiro atoms. The molecule has 0 saturated heterocycles. The molecular formula is C19H22O2.